The molecule has 0 aliphatic heterocycles. The van der Waals surface area contributed by atoms with Gasteiger partial charge in [-0.15, -0.1) is 0 Å². The average Bonchev–Trinajstić information content (AvgIpc) is 3.18. The molecule has 1 aromatic carbocycles. The highest BCUT2D eigenvalue weighted by Gasteiger charge is 2.38. The molecule has 0 radical (unpaired) electrons. The summed E-state index contributed by atoms with van der Waals surface area (Å²) in [5.74, 6) is -1.99. The topological polar surface area (TPSA) is 138 Å². The molecule has 0 saturated carbocycles. The summed E-state index contributed by atoms with van der Waals surface area (Å²) in [4.78, 5) is 29.2. The lowest BCUT2D eigenvalue weighted by Crippen LogP contribution is -2.48. The maximum absolute atomic E-state index is 13.0. The smallest absolute Gasteiger partial charge is 0.272 e. The first-order chi connectivity index (χ1) is 14.0. The lowest BCUT2D eigenvalue weighted by molar-refractivity contribution is -0.147. The van der Waals surface area contributed by atoms with E-state index >= 15 is 0 Å². The van der Waals surface area contributed by atoms with Crippen LogP contribution in [0, 0.1) is 17.3 Å². The fourth-order valence-corrected chi connectivity index (χ4v) is 3.09. The van der Waals surface area contributed by atoms with Crippen LogP contribution >= 0.6 is 0 Å². The Morgan fingerprint density at radius 1 is 1.13 bits per heavy atom. The van der Waals surface area contributed by atoms with E-state index in [1.165, 1.54) is 5.48 Å². The van der Waals surface area contributed by atoms with Crippen molar-refractivity contribution in [1.29, 1.82) is 0 Å². The molecular formula is C21H30N4O5. The molecule has 0 fully saturated rings. The van der Waals surface area contributed by atoms with Gasteiger partial charge in [-0.2, -0.15) is 4.98 Å². The van der Waals surface area contributed by atoms with Crippen molar-refractivity contribution in [3.05, 3.63) is 36.2 Å². The molecule has 1 heterocycles. The Labute approximate surface area is 175 Å². The Bertz CT molecular complexity index is 845. The van der Waals surface area contributed by atoms with Crippen molar-refractivity contribution in [2.24, 2.45) is 17.3 Å². The Morgan fingerprint density at radius 3 is 2.30 bits per heavy atom. The molecule has 2 aromatic rings. The largest absolute Gasteiger partial charge is 0.382 e. The van der Waals surface area contributed by atoms with Crippen molar-refractivity contribution in [3.8, 4) is 11.4 Å². The van der Waals surface area contributed by atoms with Crippen molar-refractivity contribution in [1.82, 2.24) is 20.9 Å². The summed E-state index contributed by atoms with van der Waals surface area (Å²) in [7, 11) is 0. The maximum Gasteiger partial charge on any atom is 0.272 e. The number of rotatable bonds is 8. The molecule has 4 N–H and O–H groups in total. The average molecular weight is 418 g/mol. The van der Waals surface area contributed by atoms with E-state index in [1.807, 2.05) is 65.0 Å². The van der Waals surface area contributed by atoms with E-state index in [1.54, 1.807) is 0 Å². The number of aliphatic hydroxyl groups is 1. The number of aliphatic hydroxyl groups excluding tert-OH is 1. The molecule has 0 aliphatic rings. The van der Waals surface area contributed by atoms with Crippen LogP contribution < -0.4 is 10.8 Å². The van der Waals surface area contributed by atoms with E-state index in [4.69, 9.17) is 9.73 Å². The van der Waals surface area contributed by atoms with Gasteiger partial charge in [0.2, 0.25) is 17.6 Å². The number of carbonyl (C=O) groups excluding carboxylic acids is 2. The lowest BCUT2D eigenvalue weighted by Gasteiger charge is -2.31. The summed E-state index contributed by atoms with van der Waals surface area (Å²) in [6.45, 7) is 9.44. The minimum Gasteiger partial charge on any atom is -0.382 e. The Kier molecular flexibility index (Phi) is 7.69. The van der Waals surface area contributed by atoms with Crippen LogP contribution in [0.4, 0.5) is 0 Å². The third kappa shape index (κ3) is 5.87. The highest BCUT2D eigenvalue weighted by Crippen LogP contribution is 2.33. The number of hydrogen-bond donors (Lipinski definition) is 4. The van der Waals surface area contributed by atoms with Crippen LogP contribution in [0.25, 0.3) is 11.4 Å². The predicted molar refractivity (Wildman–Crippen MR) is 109 cm³/mol. The third-order valence-electron chi connectivity index (χ3n) is 4.70. The molecular weight excluding hydrogens is 388 g/mol. The third-order valence-corrected chi connectivity index (χ3v) is 4.70. The molecule has 0 saturated heterocycles. The van der Waals surface area contributed by atoms with Gasteiger partial charge in [0.05, 0.1) is 5.92 Å². The lowest BCUT2D eigenvalue weighted by atomic mass is 9.85. The number of amides is 2. The molecule has 3 atom stereocenters. The molecule has 0 spiro atoms. The number of aromatic nitrogens is 2. The zero-order valence-corrected chi connectivity index (χ0v) is 17.9. The Balaban J connectivity index is 2.30. The van der Waals surface area contributed by atoms with E-state index in [-0.39, 0.29) is 18.2 Å². The molecule has 2 amide bonds. The van der Waals surface area contributed by atoms with Crippen LogP contribution in [-0.2, 0) is 9.59 Å². The molecule has 9 heteroatoms. The fraction of sp³-hybridized carbons (Fsp3) is 0.524. The monoisotopic (exact) mass is 418 g/mol. The normalized spacial score (nSPS) is 14.8. The minimum absolute atomic E-state index is 0.0306. The summed E-state index contributed by atoms with van der Waals surface area (Å²) >= 11 is 0. The van der Waals surface area contributed by atoms with Gasteiger partial charge in [-0.3, -0.25) is 14.8 Å². The number of benzene rings is 1. The van der Waals surface area contributed by atoms with E-state index in [2.05, 4.69) is 15.5 Å². The summed E-state index contributed by atoms with van der Waals surface area (Å²) in [6, 6.07) is 8.64. The van der Waals surface area contributed by atoms with E-state index < -0.39 is 35.3 Å². The van der Waals surface area contributed by atoms with Crippen LogP contribution in [0.5, 0.6) is 0 Å². The number of hydrogen-bond acceptors (Lipinski definition) is 7. The molecule has 0 aliphatic carbocycles. The van der Waals surface area contributed by atoms with Gasteiger partial charge in [-0.05, 0) is 17.8 Å². The fourth-order valence-electron chi connectivity index (χ4n) is 3.09. The number of nitrogens with one attached hydrogen (secondary N) is 2. The standard InChI is InChI=1S/C21H30N4O5/c1-12(2)11-14(15(26)19(28)24-29)18(27)22-16(21(3,4)5)20-23-17(25-30-20)13-9-7-6-8-10-13/h6-10,12,14-16,26,29H,11H2,1-5H3,(H,22,27)(H,24,28)/t14-,15+,16-/m1/s1. The van der Waals surface area contributed by atoms with Gasteiger partial charge in [0.25, 0.3) is 5.91 Å². The van der Waals surface area contributed by atoms with E-state index in [0.717, 1.165) is 5.56 Å². The van der Waals surface area contributed by atoms with Gasteiger partial charge < -0.3 is 14.9 Å². The molecule has 30 heavy (non-hydrogen) atoms. The quantitative estimate of drug-likeness (QED) is 0.382. The molecule has 0 unspecified atom stereocenters. The SMILES string of the molecule is CC(C)C[C@@H](C(=O)N[C@H](c1nc(-c2ccccc2)no1)C(C)(C)C)[C@H](O)C(=O)NO. The van der Waals surface area contributed by atoms with Crippen molar-refractivity contribution in [2.75, 3.05) is 0 Å². The summed E-state index contributed by atoms with van der Waals surface area (Å²) < 4.78 is 5.44. The maximum atomic E-state index is 13.0. The summed E-state index contributed by atoms with van der Waals surface area (Å²) in [6.07, 6.45) is -1.45. The van der Waals surface area contributed by atoms with Crippen molar-refractivity contribution < 1.29 is 24.4 Å². The van der Waals surface area contributed by atoms with Gasteiger partial charge in [-0.1, -0.05) is 70.1 Å². The molecule has 9 nitrogen and oxygen atoms in total. The first kappa shape index (κ1) is 23.5. The highest BCUT2D eigenvalue weighted by atomic mass is 16.5. The van der Waals surface area contributed by atoms with Crippen molar-refractivity contribution in [3.63, 3.8) is 0 Å². The second kappa shape index (κ2) is 9.82. The summed E-state index contributed by atoms with van der Waals surface area (Å²) in [5.41, 5.74) is 1.68. The van der Waals surface area contributed by atoms with Crippen molar-refractivity contribution in [2.45, 2.75) is 53.2 Å². The first-order valence-electron chi connectivity index (χ1n) is 9.86. The number of carbonyl (C=O) groups is 2. The number of nitrogens with zero attached hydrogens (tertiary/aromatic N) is 2. The van der Waals surface area contributed by atoms with Crippen LogP contribution in [0.2, 0.25) is 0 Å². The molecule has 2 rings (SSSR count). The Morgan fingerprint density at radius 2 is 1.77 bits per heavy atom. The zero-order valence-electron chi connectivity index (χ0n) is 17.9. The first-order valence-corrected chi connectivity index (χ1v) is 9.86. The predicted octanol–water partition coefficient (Wildman–Crippen LogP) is 2.47. The van der Waals surface area contributed by atoms with Gasteiger partial charge in [0, 0.05) is 5.56 Å². The molecule has 0 bridgehead atoms. The molecule has 1 aromatic heterocycles. The summed E-state index contributed by atoms with van der Waals surface area (Å²) in [5, 5.41) is 26.0. The highest BCUT2D eigenvalue weighted by molar-refractivity contribution is 5.88. The number of hydroxylamine groups is 1. The van der Waals surface area contributed by atoms with E-state index in [9.17, 15) is 14.7 Å². The molecule has 164 valence electrons. The van der Waals surface area contributed by atoms with Crippen LogP contribution in [0.1, 0.15) is 53.0 Å². The van der Waals surface area contributed by atoms with Crippen LogP contribution in [-0.4, -0.2) is 38.4 Å². The van der Waals surface area contributed by atoms with Gasteiger partial charge in [0.15, 0.2) is 0 Å². The van der Waals surface area contributed by atoms with Crippen LogP contribution in [0.15, 0.2) is 34.9 Å². The van der Waals surface area contributed by atoms with E-state index in [0.29, 0.717) is 5.82 Å². The van der Waals surface area contributed by atoms with Gasteiger partial charge in [-0.25, -0.2) is 5.48 Å². The zero-order chi connectivity index (χ0) is 22.5. The second-order valence-corrected chi connectivity index (χ2v) is 8.79. The van der Waals surface area contributed by atoms with Gasteiger partial charge >= 0.3 is 0 Å². The minimum atomic E-state index is -1.69. The van der Waals surface area contributed by atoms with Gasteiger partial charge in [0.1, 0.15) is 12.1 Å². The van der Waals surface area contributed by atoms with Crippen LogP contribution in [0.3, 0.4) is 0 Å². The second-order valence-electron chi connectivity index (χ2n) is 8.79. The van der Waals surface area contributed by atoms with Crippen molar-refractivity contribution >= 4 is 11.8 Å². The Hall–Kier alpha value is -2.78.